The molecular weight excluding hydrogens is 615 g/mol. The van der Waals surface area contributed by atoms with Crippen LogP contribution in [0.25, 0.3) is 16.8 Å². The van der Waals surface area contributed by atoms with Crippen LogP contribution in [0.4, 0.5) is 18.9 Å². The van der Waals surface area contributed by atoms with E-state index in [4.69, 9.17) is 22.1 Å². The van der Waals surface area contributed by atoms with E-state index in [2.05, 4.69) is 20.6 Å². The minimum absolute atomic E-state index is 0.00582. The highest BCUT2D eigenvalue weighted by molar-refractivity contribution is 6.31. The Kier molecular flexibility index (Phi) is 8.68. The van der Waals surface area contributed by atoms with E-state index in [1.54, 1.807) is 24.3 Å². The van der Waals surface area contributed by atoms with Crippen molar-refractivity contribution in [1.29, 1.82) is 0 Å². The first-order valence-corrected chi connectivity index (χ1v) is 13.5. The van der Waals surface area contributed by atoms with Crippen LogP contribution >= 0.6 is 11.6 Å². The fourth-order valence-corrected chi connectivity index (χ4v) is 4.75. The largest absolute Gasteiger partial charge is 0.495 e. The molecule has 0 aliphatic rings. The third kappa shape index (κ3) is 6.86. The smallest absolute Gasteiger partial charge is 0.436 e. The number of hydrogen-bond donors (Lipinski definition) is 2. The molecule has 0 fully saturated rings. The average Bonchev–Trinajstić information content (AvgIpc) is 3.52. The lowest BCUT2D eigenvalue weighted by Crippen LogP contribution is -2.34. The molecule has 2 aromatic carbocycles. The van der Waals surface area contributed by atoms with Gasteiger partial charge in [-0.3, -0.25) is 19.0 Å². The van der Waals surface area contributed by atoms with Gasteiger partial charge in [0.1, 0.15) is 17.5 Å². The van der Waals surface area contributed by atoms with E-state index in [1.165, 1.54) is 60.5 Å². The Hall–Kier alpha value is -5.50. The Morgan fingerprint density at radius 1 is 1.04 bits per heavy atom. The first kappa shape index (κ1) is 30.9. The van der Waals surface area contributed by atoms with Gasteiger partial charge in [-0.05, 0) is 35.9 Å². The van der Waals surface area contributed by atoms with Gasteiger partial charge < -0.3 is 15.8 Å². The summed E-state index contributed by atoms with van der Waals surface area (Å²) in [5.41, 5.74) is 4.98. The number of nitrogens with two attached hydrogens (primary N) is 1. The number of carbonyl (C=O) groups excluding carboxylic acids is 2. The number of nitrogens with zero attached hydrogens (tertiary/aromatic N) is 5. The van der Waals surface area contributed by atoms with Crippen LogP contribution in [0.1, 0.15) is 27.8 Å². The molecule has 1 atom stereocenters. The summed E-state index contributed by atoms with van der Waals surface area (Å²) >= 11 is 6.25. The van der Waals surface area contributed by atoms with Crippen molar-refractivity contribution in [1.82, 2.24) is 24.5 Å². The van der Waals surface area contributed by atoms with Crippen molar-refractivity contribution in [2.24, 2.45) is 5.73 Å². The van der Waals surface area contributed by atoms with Crippen molar-refractivity contribution in [2.75, 3.05) is 12.4 Å². The number of carbonyl (C=O) groups is 2. The lowest BCUT2D eigenvalue weighted by Gasteiger charge is -2.22. The van der Waals surface area contributed by atoms with Crippen LogP contribution in [-0.2, 0) is 17.4 Å². The van der Waals surface area contributed by atoms with Gasteiger partial charge >= 0.3 is 6.18 Å². The number of nitrogens with one attached hydrogen (secondary N) is 1. The van der Waals surface area contributed by atoms with Crippen LogP contribution in [0.3, 0.4) is 0 Å². The van der Waals surface area contributed by atoms with Crippen molar-refractivity contribution >= 4 is 29.1 Å². The number of ether oxygens (including phenoxy) is 1. The van der Waals surface area contributed by atoms with Gasteiger partial charge in [-0.2, -0.15) is 13.2 Å². The third-order valence-corrected chi connectivity index (χ3v) is 6.97. The van der Waals surface area contributed by atoms with Crippen LogP contribution in [0.5, 0.6) is 5.75 Å². The zero-order valence-electron chi connectivity index (χ0n) is 23.3. The molecule has 3 aromatic heterocycles. The molecule has 5 aromatic rings. The number of benzene rings is 2. The number of amides is 2. The Bertz CT molecular complexity index is 1930. The molecule has 0 aliphatic heterocycles. The second-order valence-corrected chi connectivity index (χ2v) is 10.1. The highest BCUT2D eigenvalue weighted by Crippen LogP contribution is 2.36. The monoisotopic (exact) mass is 637 g/mol. The topological polar surface area (TPSA) is 147 Å². The number of alkyl halides is 3. The van der Waals surface area contributed by atoms with E-state index in [9.17, 15) is 27.6 Å². The number of halogens is 4. The zero-order chi connectivity index (χ0) is 32.3. The predicted octanol–water partition coefficient (Wildman–Crippen LogP) is 4.69. The van der Waals surface area contributed by atoms with Gasteiger partial charge in [0.25, 0.3) is 11.5 Å². The standard InChI is InChI=1S/C30H23ClF3N7O4/c1-45-25-15-40(24(11-17-5-3-2-4-6-17)29(44)37-19-8-9-22(28(35)43)36-14-19)27(42)13-21(25)20-12-18(31)7-10-23(20)41-16-26(38-39-41)30(32,33)34/h2-10,12-16,24H,11H2,1H3,(H2,35,43)(H,37,44). The molecule has 0 aliphatic carbocycles. The van der Waals surface area contributed by atoms with Gasteiger partial charge in [-0.1, -0.05) is 47.1 Å². The molecule has 0 saturated carbocycles. The molecule has 0 spiro atoms. The Morgan fingerprint density at radius 2 is 1.80 bits per heavy atom. The number of methoxy groups -OCH3 is 1. The molecule has 0 saturated heterocycles. The van der Waals surface area contributed by atoms with E-state index >= 15 is 0 Å². The number of primary amides is 1. The maximum absolute atomic E-state index is 13.7. The van der Waals surface area contributed by atoms with Crippen LogP contribution in [0, 0.1) is 0 Å². The molecule has 45 heavy (non-hydrogen) atoms. The molecule has 2 amide bonds. The summed E-state index contributed by atoms with van der Waals surface area (Å²) in [5, 5.41) is 9.76. The summed E-state index contributed by atoms with van der Waals surface area (Å²) in [6.07, 6.45) is -1.31. The van der Waals surface area contributed by atoms with Gasteiger partial charge in [0.15, 0.2) is 5.69 Å². The highest BCUT2D eigenvalue weighted by Gasteiger charge is 2.35. The average molecular weight is 638 g/mol. The second-order valence-electron chi connectivity index (χ2n) is 9.70. The van der Waals surface area contributed by atoms with Crippen LogP contribution < -0.4 is 21.3 Å². The Morgan fingerprint density at radius 3 is 2.42 bits per heavy atom. The minimum atomic E-state index is -4.72. The molecular formula is C30H23ClF3N7O4. The number of hydrogen-bond acceptors (Lipinski definition) is 7. The normalized spacial score (nSPS) is 12.0. The number of pyridine rings is 2. The number of aromatic nitrogens is 5. The highest BCUT2D eigenvalue weighted by atomic mass is 35.5. The molecule has 5 rings (SSSR count). The van der Waals surface area contributed by atoms with Crippen molar-refractivity contribution in [2.45, 2.75) is 18.6 Å². The fraction of sp³-hybridized carbons (Fsp3) is 0.133. The van der Waals surface area contributed by atoms with Gasteiger partial charge in [0, 0.05) is 28.6 Å². The first-order valence-electron chi connectivity index (χ1n) is 13.1. The molecule has 15 heteroatoms. The minimum Gasteiger partial charge on any atom is -0.495 e. The zero-order valence-corrected chi connectivity index (χ0v) is 24.1. The van der Waals surface area contributed by atoms with Crippen molar-refractivity contribution in [3.05, 3.63) is 118 Å². The predicted molar refractivity (Wildman–Crippen MR) is 158 cm³/mol. The first-order chi connectivity index (χ1) is 21.4. The summed E-state index contributed by atoms with van der Waals surface area (Å²) in [7, 11) is 1.34. The summed E-state index contributed by atoms with van der Waals surface area (Å²) < 4.78 is 47.5. The second kappa shape index (κ2) is 12.6. The molecule has 3 N–H and O–H groups in total. The molecule has 11 nitrogen and oxygen atoms in total. The summed E-state index contributed by atoms with van der Waals surface area (Å²) in [6, 6.07) is 16.2. The molecule has 0 radical (unpaired) electrons. The molecule has 3 heterocycles. The lowest BCUT2D eigenvalue weighted by molar-refractivity contribution is -0.141. The van der Waals surface area contributed by atoms with E-state index in [0.29, 0.717) is 6.20 Å². The van der Waals surface area contributed by atoms with E-state index in [-0.39, 0.29) is 45.4 Å². The molecule has 1 unspecified atom stereocenters. The molecule has 0 bridgehead atoms. The van der Waals surface area contributed by atoms with Gasteiger partial charge in [-0.25, -0.2) is 9.67 Å². The van der Waals surface area contributed by atoms with Gasteiger partial charge in [0.05, 0.1) is 37.1 Å². The van der Waals surface area contributed by atoms with Crippen molar-refractivity contribution < 1.29 is 27.5 Å². The summed E-state index contributed by atoms with van der Waals surface area (Å²) in [5.74, 6) is -1.19. The summed E-state index contributed by atoms with van der Waals surface area (Å²) in [4.78, 5) is 42.7. The maximum Gasteiger partial charge on any atom is 0.436 e. The quantitative estimate of drug-likeness (QED) is 0.238. The van der Waals surface area contributed by atoms with Gasteiger partial charge in [-0.15, -0.1) is 5.10 Å². The SMILES string of the molecule is COc1cn(C(Cc2ccccc2)C(=O)Nc2ccc(C(N)=O)nc2)c(=O)cc1-c1cc(Cl)ccc1-n1cc(C(F)(F)F)nn1. The maximum atomic E-state index is 13.7. The Balaban J connectivity index is 1.58. The van der Waals surface area contributed by atoms with Crippen molar-refractivity contribution in [3.8, 4) is 22.6 Å². The Labute approximate surface area is 258 Å². The van der Waals surface area contributed by atoms with E-state index in [1.807, 2.05) is 6.07 Å². The van der Waals surface area contributed by atoms with E-state index in [0.717, 1.165) is 10.2 Å². The van der Waals surface area contributed by atoms with Gasteiger partial charge in [0.2, 0.25) is 5.91 Å². The number of anilines is 1. The molecule has 230 valence electrons. The van der Waals surface area contributed by atoms with Crippen LogP contribution in [-0.4, -0.2) is 43.5 Å². The number of rotatable bonds is 9. The van der Waals surface area contributed by atoms with Crippen LogP contribution in [0.2, 0.25) is 5.02 Å². The van der Waals surface area contributed by atoms with Crippen molar-refractivity contribution in [3.63, 3.8) is 0 Å². The third-order valence-electron chi connectivity index (χ3n) is 6.74. The fourth-order valence-electron chi connectivity index (χ4n) is 4.57. The van der Waals surface area contributed by atoms with E-state index < -0.39 is 35.3 Å². The van der Waals surface area contributed by atoms with Crippen LogP contribution in [0.15, 0.2) is 90.1 Å². The summed E-state index contributed by atoms with van der Waals surface area (Å²) in [6.45, 7) is 0. The lowest BCUT2D eigenvalue weighted by atomic mass is 10.0.